The Bertz CT molecular complexity index is 888. The summed E-state index contributed by atoms with van der Waals surface area (Å²) in [5.74, 6) is 0.893. The number of hydrogen-bond donors (Lipinski definition) is 1. The number of carbonyl (C=O) groups is 1. The van der Waals surface area contributed by atoms with Crippen molar-refractivity contribution in [2.24, 2.45) is 0 Å². The molecule has 0 saturated heterocycles. The Labute approximate surface area is 217 Å². The molecule has 2 heterocycles. The number of pyridine rings is 1. The Balaban J connectivity index is 0.00000274. The maximum Gasteiger partial charge on any atom is 0.223 e. The van der Waals surface area contributed by atoms with Crippen LogP contribution in [0.25, 0.3) is 0 Å². The summed E-state index contributed by atoms with van der Waals surface area (Å²) in [7, 11) is 4.03. The van der Waals surface area contributed by atoms with Crippen molar-refractivity contribution >= 4 is 35.8 Å². The molecule has 2 rings (SSSR count). The van der Waals surface area contributed by atoms with E-state index in [-0.39, 0.29) is 5.95 Å². The second kappa shape index (κ2) is 17.1. The lowest BCUT2D eigenvalue weighted by Crippen LogP contribution is -2.35. The fourth-order valence-corrected chi connectivity index (χ4v) is 4.05. The first-order chi connectivity index (χ1) is 16.7. The van der Waals surface area contributed by atoms with Crippen LogP contribution >= 0.6 is 11.6 Å². The van der Waals surface area contributed by atoms with Crippen LogP contribution in [0.15, 0.2) is 6.20 Å². The van der Waals surface area contributed by atoms with Crippen LogP contribution in [0.2, 0.25) is 5.15 Å². The predicted molar refractivity (Wildman–Crippen MR) is 151 cm³/mol. The third-order valence-corrected chi connectivity index (χ3v) is 6.07. The number of hydrogen-bond acceptors (Lipinski definition) is 8. The molecule has 0 aliphatic carbocycles. The van der Waals surface area contributed by atoms with Crippen LogP contribution in [0.3, 0.4) is 0 Å². The normalized spacial score (nSPS) is 10.3. The Hall–Kier alpha value is -2.45. The standard InChI is InChI=1S/C23H38ClN7.C2H6.CH2O/c1-8-10-31(11-9-2)13-12-29(6)20-21(24)27-23(25)28-22(20)30(7)15-19-18(5)17(4)16(3)14-26-19;2*1-2/h14H,8-13,15H2,1-7H3,(H2,25,27,28);1-2H3;1H2. The number of rotatable bonds is 11. The molecule has 0 spiro atoms. The smallest absolute Gasteiger partial charge is 0.223 e. The van der Waals surface area contributed by atoms with Crippen LogP contribution < -0.4 is 15.5 Å². The van der Waals surface area contributed by atoms with Gasteiger partial charge in [-0.05, 0) is 63.4 Å². The summed E-state index contributed by atoms with van der Waals surface area (Å²) in [4.78, 5) is 28.1. The molecular formula is C26H46ClN7O. The van der Waals surface area contributed by atoms with Crippen molar-refractivity contribution in [2.45, 2.75) is 67.9 Å². The maximum atomic E-state index is 8.00. The number of nitrogen functional groups attached to an aromatic ring is 1. The Kier molecular flexibility index (Phi) is 15.9. The van der Waals surface area contributed by atoms with Gasteiger partial charge in [0.05, 0.1) is 12.2 Å². The predicted octanol–water partition coefficient (Wildman–Crippen LogP) is 5.07. The fraction of sp³-hybridized carbons (Fsp3) is 0.615. The zero-order valence-electron chi connectivity index (χ0n) is 23.3. The fourth-order valence-electron chi connectivity index (χ4n) is 3.74. The number of aryl methyl sites for hydroxylation is 1. The van der Waals surface area contributed by atoms with Crippen molar-refractivity contribution in [2.75, 3.05) is 55.8 Å². The Morgan fingerprint density at radius 1 is 0.914 bits per heavy atom. The molecule has 0 bridgehead atoms. The molecule has 2 aromatic heterocycles. The first-order valence-corrected chi connectivity index (χ1v) is 12.7. The van der Waals surface area contributed by atoms with E-state index in [1.54, 1.807) is 0 Å². The van der Waals surface area contributed by atoms with E-state index in [0.717, 1.165) is 56.2 Å². The summed E-state index contributed by atoms with van der Waals surface area (Å²) < 4.78 is 0. The molecule has 0 saturated carbocycles. The molecule has 2 N–H and O–H groups in total. The number of likely N-dealkylation sites (N-methyl/N-ethyl adjacent to an activating group) is 1. The highest BCUT2D eigenvalue weighted by Gasteiger charge is 2.21. The molecule has 0 unspecified atom stereocenters. The number of anilines is 3. The molecule has 0 amide bonds. The number of nitrogens with two attached hydrogens (primary N) is 1. The second-order valence-electron chi connectivity index (χ2n) is 8.30. The highest BCUT2D eigenvalue weighted by molar-refractivity contribution is 6.32. The van der Waals surface area contributed by atoms with Gasteiger partial charge in [-0.3, -0.25) is 4.98 Å². The average Bonchev–Trinajstić information content (AvgIpc) is 2.85. The van der Waals surface area contributed by atoms with Gasteiger partial charge in [-0.25, -0.2) is 0 Å². The molecule has 8 nitrogen and oxygen atoms in total. The maximum absolute atomic E-state index is 8.00. The number of carbonyl (C=O) groups excluding carboxylic acids is 1. The molecule has 0 aliphatic rings. The average molecular weight is 508 g/mol. The van der Waals surface area contributed by atoms with E-state index in [1.165, 1.54) is 16.7 Å². The molecule has 198 valence electrons. The van der Waals surface area contributed by atoms with Gasteiger partial charge in [0, 0.05) is 33.4 Å². The molecule has 0 radical (unpaired) electrons. The van der Waals surface area contributed by atoms with Gasteiger partial charge in [0.25, 0.3) is 0 Å². The molecule has 0 atom stereocenters. The summed E-state index contributed by atoms with van der Waals surface area (Å²) in [5.41, 5.74) is 11.4. The minimum absolute atomic E-state index is 0.173. The minimum Gasteiger partial charge on any atom is -0.368 e. The van der Waals surface area contributed by atoms with Gasteiger partial charge in [-0.2, -0.15) is 9.97 Å². The topological polar surface area (TPSA) is 91.5 Å². The molecule has 0 fully saturated rings. The lowest BCUT2D eigenvalue weighted by Gasteiger charge is -2.30. The largest absolute Gasteiger partial charge is 0.368 e. The van der Waals surface area contributed by atoms with E-state index in [4.69, 9.17) is 22.1 Å². The van der Waals surface area contributed by atoms with Crippen LogP contribution in [0.5, 0.6) is 0 Å². The first kappa shape index (κ1) is 32.5. The van der Waals surface area contributed by atoms with Crippen molar-refractivity contribution in [1.82, 2.24) is 19.9 Å². The molecular weight excluding hydrogens is 462 g/mol. The summed E-state index contributed by atoms with van der Waals surface area (Å²) in [6.45, 7) is 21.3. The van der Waals surface area contributed by atoms with Crippen LogP contribution in [-0.4, -0.2) is 66.9 Å². The summed E-state index contributed by atoms with van der Waals surface area (Å²) in [5, 5.41) is 0.374. The summed E-state index contributed by atoms with van der Waals surface area (Å²) in [6.07, 6.45) is 4.22. The van der Waals surface area contributed by atoms with Gasteiger partial charge in [0.15, 0.2) is 11.0 Å². The van der Waals surface area contributed by atoms with Crippen molar-refractivity contribution in [3.05, 3.63) is 33.7 Å². The van der Waals surface area contributed by atoms with E-state index < -0.39 is 0 Å². The Morgan fingerprint density at radius 2 is 1.49 bits per heavy atom. The van der Waals surface area contributed by atoms with Gasteiger partial charge in [-0.15, -0.1) is 0 Å². The molecule has 2 aromatic rings. The number of halogens is 1. The van der Waals surface area contributed by atoms with Gasteiger partial charge >= 0.3 is 0 Å². The van der Waals surface area contributed by atoms with Crippen molar-refractivity contribution in [1.29, 1.82) is 0 Å². The Morgan fingerprint density at radius 3 is 2.03 bits per heavy atom. The van der Waals surface area contributed by atoms with Gasteiger partial charge in [-0.1, -0.05) is 39.3 Å². The molecule has 0 aliphatic heterocycles. The lowest BCUT2D eigenvalue weighted by molar-refractivity contribution is -0.0979. The SMILES string of the molecule is C=O.CC.CCCN(CCC)CCN(C)c1c(Cl)nc(N)nc1N(C)Cc1ncc(C)c(C)c1C. The number of aromatic nitrogens is 3. The third kappa shape index (κ3) is 9.61. The zero-order chi connectivity index (χ0) is 27.1. The van der Waals surface area contributed by atoms with Gasteiger partial charge < -0.3 is 25.2 Å². The highest BCUT2D eigenvalue weighted by atomic mass is 35.5. The minimum atomic E-state index is 0.173. The van der Waals surface area contributed by atoms with Crippen LogP contribution in [0.4, 0.5) is 17.5 Å². The molecule has 0 aromatic carbocycles. The zero-order valence-corrected chi connectivity index (χ0v) is 24.0. The van der Waals surface area contributed by atoms with Crippen LogP contribution in [0, 0.1) is 20.8 Å². The lowest BCUT2D eigenvalue weighted by atomic mass is 10.0. The second-order valence-corrected chi connectivity index (χ2v) is 8.66. The van der Waals surface area contributed by atoms with Gasteiger partial charge in [0.2, 0.25) is 5.95 Å². The summed E-state index contributed by atoms with van der Waals surface area (Å²) >= 11 is 6.56. The first-order valence-electron chi connectivity index (χ1n) is 12.4. The summed E-state index contributed by atoms with van der Waals surface area (Å²) in [6, 6.07) is 0. The molecule has 35 heavy (non-hydrogen) atoms. The van der Waals surface area contributed by atoms with Crippen molar-refractivity contribution in [3.8, 4) is 0 Å². The van der Waals surface area contributed by atoms with E-state index in [1.807, 2.05) is 40.9 Å². The van der Waals surface area contributed by atoms with Crippen LogP contribution in [-0.2, 0) is 11.3 Å². The highest BCUT2D eigenvalue weighted by Crippen LogP contribution is 2.34. The van der Waals surface area contributed by atoms with E-state index >= 15 is 0 Å². The van der Waals surface area contributed by atoms with Crippen molar-refractivity contribution in [3.63, 3.8) is 0 Å². The van der Waals surface area contributed by atoms with E-state index in [2.05, 4.69) is 64.3 Å². The molecule has 9 heteroatoms. The van der Waals surface area contributed by atoms with E-state index in [0.29, 0.717) is 11.7 Å². The monoisotopic (exact) mass is 507 g/mol. The third-order valence-electron chi connectivity index (χ3n) is 5.80. The number of nitrogens with zero attached hydrogens (tertiary/aromatic N) is 6. The van der Waals surface area contributed by atoms with Crippen molar-refractivity contribution < 1.29 is 4.79 Å². The van der Waals surface area contributed by atoms with E-state index in [9.17, 15) is 0 Å². The van der Waals surface area contributed by atoms with Gasteiger partial charge in [0.1, 0.15) is 12.5 Å². The van der Waals surface area contributed by atoms with Crippen LogP contribution in [0.1, 0.15) is 62.9 Å². The quantitative estimate of drug-likeness (QED) is 0.421.